The Morgan fingerprint density at radius 3 is 2.87 bits per heavy atom. The lowest BCUT2D eigenvalue weighted by atomic mass is 10.2. The molecule has 0 unspecified atom stereocenters. The molecule has 0 aliphatic carbocycles. The SMILES string of the molecule is CCn1cnc2sc(C(=O)OCc3ccccn3)c(C)c2c1=O. The highest BCUT2D eigenvalue weighted by Crippen LogP contribution is 2.27. The summed E-state index contributed by atoms with van der Waals surface area (Å²) in [7, 11) is 0. The van der Waals surface area contributed by atoms with E-state index < -0.39 is 5.97 Å². The summed E-state index contributed by atoms with van der Waals surface area (Å²) in [4.78, 5) is 34.0. The van der Waals surface area contributed by atoms with Gasteiger partial charge in [0.25, 0.3) is 5.56 Å². The number of carbonyl (C=O) groups excluding carboxylic acids is 1. The number of nitrogens with zero attached hydrogens (tertiary/aromatic N) is 3. The highest BCUT2D eigenvalue weighted by Gasteiger charge is 2.20. The molecule has 0 aliphatic rings. The summed E-state index contributed by atoms with van der Waals surface area (Å²) in [5.41, 5.74) is 1.16. The second kappa shape index (κ2) is 6.29. The van der Waals surface area contributed by atoms with E-state index in [1.165, 1.54) is 22.2 Å². The summed E-state index contributed by atoms with van der Waals surface area (Å²) in [6.07, 6.45) is 3.15. The molecule has 7 heteroatoms. The van der Waals surface area contributed by atoms with Crippen LogP contribution in [-0.4, -0.2) is 20.5 Å². The number of hydrogen-bond acceptors (Lipinski definition) is 6. The van der Waals surface area contributed by atoms with Gasteiger partial charge in [-0.3, -0.25) is 14.3 Å². The Kier molecular flexibility index (Phi) is 4.20. The molecule has 0 amide bonds. The van der Waals surface area contributed by atoms with Crippen molar-refractivity contribution in [2.45, 2.75) is 27.0 Å². The monoisotopic (exact) mass is 329 g/mol. The highest BCUT2D eigenvalue weighted by atomic mass is 32.1. The first-order valence-corrected chi connectivity index (χ1v) is 7.99. The zero-order valence-electron chi connectivity index (χ0n) is 12.8. The molecule has 0 aliphatic heterocycles. The van der Waals surface area contributed by atoms with E-state index >= 15 is 0 Å². The van der Waals surface area contributed by atoms with Crippen LogP contribution < -0.4 is 5.56 Å². The predicted octanol–water partition coefficient (Wildman–Crippen LogP) is 2.54. The predicted molar refractivity (Wildman–Crippen MR) is 87.6 cm³/mol. The van der Waals surface area contributed by atoms with Crippen molar-refractivity contribution < 1.29 is 9.53 Å². The zero-order valence-corrected chi connectivity index (χ0v) is 13.6. The molecule has 0 fully saturated rings. The normalized spacial score (nSPS) is 10.9. The first kappa shape index (κ1) is 15.4. The first-order valence-electron chi connectivity index (χ1n) is 7.17. The van der Waals surface area contributed by atoms with Gasteiger partial charge in [0.15, 0.2) is 0 Å². The van der Waals surface area contributed by atoms with Gasteiger partial charge in [0, 0.05) is 12.7 Å². The Bertz CT molecular complexity index is 915. The number of rotatable bonds is 4. The molecule has 0 atom stereocenters. The fourth-order valence-electron chi connectivity index (χ4n) is 2.27. The molecule has 3 aromatic heterocycles. The van der Waals surface area contributed by atoms with Gasteiger partial charge in [-0.2, -0.15) is 0 Å². The van der Waals surface area contributed by atoms with Crippen LogP contribution in [0.3, 0.4) is 0 Å². The van der Waals surface area contributed by atoms with Gasteiger partial charge in [-0.25, -0.2) is 9.78 Å². The van der Waals surface area contributed by atoms with Crippen molar-refractivity contribution >= 4 is 27.5 Å². The fourth-order valence-corrected chi connectivity index (χ4v) is 3.30. The van der Waals surface area contributed by atoms with Crippen LogP contribution in [-0.2, 0) is 17.9 Å². The van der Waals surface area contributed by atoms with Gasteiger partial charge < -0.3 is 4.74 Å². The molecule has 0 radical (unpaired) electrons. The summed E-state index contributed by atoms with van der Waals surface area (Å²) in [5.74, 6) is -0.460. The number of esters is 1. The number of ether oxygens (including phenoxy) is 1. The molecule has 6 nitrogen and oxygen atoms in total. The lowest BCUT2D eigenvalue weighted by Gasteiger charge is -2.03. The van der Waals surface area contributed by atoms with Crippen LogP contribution in [0.5, 0.6) is 0 Å². The van der Waals surface area contributed by atoms with Gasteiger partial charge in [0.2, 0.25) is 0 Å². The topological polar surface area (TPSA) is 74.1 Å². The average molecular weight is 329 g/mol. The van der Waals surface area contributed by atoms with Crippen molar-refractivity contribution in [3.05, 3.63) is 57.2 Å². The van der Waals surface area contributed by atoms with Crippen LogP contribution in [0.25, 0.3) is 10.2 Å². The third kappa shape index (κ3) is 2.87. The van der Waals surface area contributed by atoms with Crippen LogP contribution in [0.2, 0.25) is 0 Å². The Hall–Kier alpha value is -2.54. The van der Waals surface area contributed by atoms with E-state index in [4.69, 9.17) is 4.74 Å². The minimum Gasteiger partial charge on any atom is -0.455 e. The third-order valence-electron chi connectivity index (χ3n) is 3.52. The maximum Gasteiger partial charge on any atom is 0.349 e. The molecule has 3 aromatic rings. The maximum atomic E-state index is 12.4. The van der Waals surface area contributed by atoms with Crippen LogP contribution in [0.15, 0.2) is 35.5 Å². The van der Waals surface area contributed by atoms with Gasteiger partial charge in [-0.05, 0) is 31.5 Å². The van der Waals surface area contributed by atoms with Crippen molar-refractivity contribution in [1.82, 2.24) is 14.5 Å². The Morgan fingerprint density at radius 1 is 1.35 bits per heavy atom. The fraction of sp³-hybridized carbons (Fsp3) is 0.250. The standard InChI is InChI=1S/C16H15N3O3S/c1-3-19-9-18-14-12(15(19)20)10(2)13(23-14)16(21)22-8-11-6-4-5-7-17-11/h4-7,9H,3,8H2,1-2H3. The number of aryl methyl sites for hydroxylation is 2. The molecule has 0 aromatic carbocycles. The lowest BCUT2D eigenvalue weighted by Crippen LogP contribution is -2.19. The van der Waals surface area contributed by atoms with Gasteiger partial charge in [-0.15, -0.1) is 11.3 Å². The van der Waals surface area contributed by atoms with E-state index in [1.54, 1.807) is 25.3 Å². The summed E-state index contributed by atoms with van der Waals surface area (Å²) in [6, 6.07) is 5.41. The Labute approximate surface area is 136 Å². The Morgan fingerprint density at radius 2 is 2.17 bits per heavy atom. The minimum absolute atomic E-state index is 0.0972. The van der Waals surface area contributed by atoms with Crippen LogP contribution in [0, 0.1) is 6.92 Å². The molecule has 0 spiro atoms. The van der Waals surface area contributed by atoms with Crippen LogP contribution >= 0.6 is 11.3 Å². The maximum absolute atomic E-state index is 12.4. The number of aromatic nitrogens is 3. The van der Waals surface area contributed by atoms with Crippen molar-refractivity contribution in [1.29, 1.82) is 0 Å². The molecule has 3 heterocycles. The first-order chi connectivity index (χ1) is 11.1. The van der Waals surface area contributed by atoms with Crippen molar-refractivity contribution in [2.24, 2.45) is 0 Å². The summed E-state index contributed by atoms with van der Waals surface area (Å²) in [5, 5.41) is 0.490. The number of pyridine rings is 1. The molecular weight excluding hydrogens is 314 g/mol. The highest BCUT2D eigenvalue weighted by molar-refractivity contribution is 7.20. The largest absolute Gasteiger partial charge is 0.455 e. The van der Waals surface area contributed by atoms with Crippen molar-refractivity contribution in [3.8, 4) is 0 Å². The number of hydrogen-bond donors (Lipinski definition) is 0. The molecule has 0 saturated heterocycles. The van der Waals surface area contributed by atoms with Crippen molar-refractivity contribution in [2.75, 3.05) is 0 Å². The summed E-state index contributed by atoms with van der Waals surface area (Å²) < 4.78 is 6.81. The number of thiophene rings is 1. The molecule has 3 rings (SSSR count). The van der Waals surface area contributed by atoms with E-state index in [9.17, 15) is 9.59 Å². The molecular formula is C16H15N3O3S. The molecule has 0 bridgehead atoms. The van der Waals surface area contributed by atoms with E-state index in [2.05, 4.69) is 9.97 Å². The summed E-state index contributed by atoms with van der Waals surface area (Å²) >= 11 is 1.18. The van der Waals surface area contributed by atoms with Gasteiger partial charge in [0.05, 0.1) is 17.4 Å². The second-order valence-electron chi connectivity index (χ2n) is 4.97. The Balaban J connectivity index is 1.91. The molecule has 0 saturated carbocycles. The van der Waals surface area contributed by atoms with Gasteiger partial charge in [0.1, 0.15) is 16.3 Å². The van der Waals surface area contributed by atoms with Crippen LogP contribution in [0.4, 0.5) is 0 Å². The second-order valence-corrected chi connectivity index (χ2v) is 5.97. The third-order valence-corrected chi connectivity index (χ3v) is 4.70. The van der Waals surface area contributed by atoms with Crippen LogP contribution in [0.1, 0.15) is 27.9 Å². The van der Waals surface area contributed by atoms with E-state index in [0.717, 1.165) is 0 Å². The minimum atomic E-state index is -0.460. The number of fused-ring (bicyclic) bond motifs is 1. The summed E-state index contributed by atoms with van der Waals surface area (Å²) in [6.45, 7) is 4.26. The van der Waals surface area contributed by atoms with Gasteiger partial charge >= 0.3 is 5.97 Å². The average Bonchev–Trinajstić information content (AvgIpc) is 2.92. The lowest BCUT2D eigenvalue weighted by molar-refractivity contribution is 0.0473. The smallest absolute Gasteiger partial charge is 0.349 e. The van der Waals surface area contributed by atoms with E-state index in [0.29, 0.717) is 32.9 Å². The molecule has 118 valence electrons. The van der Waals surface area contributed by atoms with Crippen molar-refractivity contribution in [3.63, 3.8) is 0 Å². The molecule has 23 heavy (non-hydrogen) atoms. The zero-order chi connectivity index (χ0) is 16.4. The quantitative estimate of drug-likeness (QED) is 0.688. The van der Waals surface area contributed by atoms with E-state index in [-0.39, 0.29) is 12.2 Å². The van der Waals surface area contributed by atoms with Gasteiger partial charge in [-0.1, -0.05) is 6.07 Å². The van der Waals surface area contributed by atoms with E-state index in [1.807, 2.05) is 13.0 Å². The number of carbonyl (C=O) groups is 1. The molecule has 0 N–H and O–H groups in total.